The predicted octanol–water partition coefficient (Wildman–Crippen LogP) is 1.00. The average molecular weight is 248 g/mol. The van der Waals surface area contributed by atoms with Gasteiger partial charge >= 0.3 is 0 Å². The van der Waals surface area contributed by atoms with E-state index in [1.165, 1.54) is 0 Å². The van der Waals surface area contributed by atoms with Gasteiger partial charge in [0.2, 0.25) is 11.8 Å². The van der Waals surface area contributed by atoms with E-state index in [1.54, 1.807) is 16.1 Å². The third-order valence-corrected chi connectivity index (χ3v) is 3.69. The Morgan fingerprint density at radius 2 is 2.22 bits per heavy atom. The van der Waals surface area contributed by atoms with Crippen molar-refractivity contribution in [2.75, 3.05) is 13.1 Å². The molecular formula is C13H16N2O3. The molecule has 1 aromatic rings. The van der Waals surface area contributed by atoms with Gasteiger partial charge in [-0.05, 0) is 25.0 Å². The number of furan rings is 1. The van der Waals surface area contributed by atoms with Gasteiger partial charge in [0.05, 0.1) is 12.8 Å². The van der Waals surface area contributed by atoms with E-state index in [9.17, 15) is 9.59 Å². The van der Waals surface area contributed by atoms with Crippen molar-refractivity contribution < 1.29 is 14.0 Å². The lowest BCUT2D eigenvalue weighted by atomic mass is 10.2. The maximum absolute atomic E-state index is 12.4. The van der Waals surface area contributed by atoms with Crippen LogP contribution < -0.4 is 0 Å². The lowest BCUT2D eigenvalue weighted by Gasteiger charge is -2.24. The first-order valence-corrected chi connectivity index (χ1v) is 6.36. The van der Waals surface area contributed by atoms with E-state index in [-0.39, 0.29) is 17.9 Å². The van der Waals surface area contributed by atoms with E-state index in [1.807, 2.05) is 12.1 Å². The highest BCUT2D eigenvalue weighted by Crippen LogP contribution is 2.24. The lowest BCUT2D eigenvalue weighted by molar-refractivity contribution is -0.139. The number of carbonyl (C=O) groups is 2. The lowest BCUT2D eigenvalue weighted by Crippen LogP contribution is -2.43. The summed E-state index contributed by atoms with van der Waals surface area (Å²) in [5, 5.41) is 0. The first-order chi connectivity index (χ1) is 8.75. The standard InChI is InChI=1S/C13H16N2O3/c16-12-5-7-14(9-10-3-2-8-18-10)13(17)11-4-1-6-15(11)12/h2-3,8,11H,1,4-7,9H2. The van der Waals surface area contributed by atoms with Crippen molar-refractivity contribution in [2.45, 2.75) is 31.8 Å². The molecule has 3 heterocycles. The monoisotopic (exact) mass is 248 g/mol. The molecule has 1 unspecified atom stereocenters. The summed E-state index contributed by atoms with van der Waals surface area (Å²) in [7, 11) is 0. The first-order valence-electron chi connectivity index (χ1n) is 6.36. The maximum Gasteiger partial charge on any atom is 0.245 e. The van der Waals surface area contributed by atoms with E-state index < -0.39 is 0 Å². The molecule has 0 saturated carbocycles. The van der Waals surface area contributed by atoms with Crippen LogP contribution in [0.2, 0.25) is 0 Å². The van der Waals surface area contributed by atoms with Gasteiger partial charge in [-0.25, -0.2) is 0 Å². The SMILES string of the molecule is O=C1C2CCCN2C(=O)CCN1Cc1ccco1. The van der Waals surface area contributed by atoms with Gasteiger partial charge in [0.25, 0.3) is 0 Å². The van der Waals surface area contributed by atoms with Crippen molar-refractivity contribution in [3.8, 4) is 0 Å². The van der Waals surface area contributed by atoms with Crippen LogP contribution in [0.3, 0.4) is 0 Å². The number of hydrogen-bond donors (Lipinski definition) is 0. The fourth-order valence-electron chi connectivity index (χ4n) is 2.76. The van der Waals surface area contributed by atoms with E-state index in [2.05, 4.69) is 0 Å². The quantitative estimate of drug-likeness (QED) is 0.784. The molecule has 5 heteroatoms. The Bertz CT molecular complexity index is 455. The largest absolute Gasteiger partial charge is 0.467 e. The van der Waals surface area contributed by atoms with Crippen LogP contribution in [0.1, 0.15) is 25.0 Å². The van der Waals surface area contributed by atoms with Crippen molar-refractivity contribution in [2.24, 2.45) is 0 Å². The summed E-state index contributed by atoms with van der Waals surface area (Å²) < 4.78 is 5.27. The van der Waals surface area contributed by atoms with Crippen LogP contribution in [-0.4, -0.2) is 40.7 Å². The Morgan fingerprint density at radius 1 is 1.33 bits per heavy atom. The zero-order valence-corrected chi connectivity index (χ0v) is 10.2. The van der Waals surface area contributed by atoms with Gasteiger partial charge in [-0.3, -0.25) is 9.59 Å². The minimum absolute atomic E-state index is 0.0646. The van der Waals surface area contributed by atoms with Crippen LogP contribution in [0, 0.1) is 0 Å². The molecule has 2 amide bonds. The molecule has 0 spiro atoms. The molecule has 0 radical (unpaired) electrons. The fraction of sp³-hybridized carbons (Fsp3) is 0.538. The summed E-state index contributed by atoms with van der Waals surface area (Å²) in [6, 6.07) is 3.42. The normalized spacial score (nSPS) is 24.3. The smallest absolute Gasteiger partial charge is 0.245 e. The summed E-state index contributed by atoms with van der Waals surface area (Å²) in [6.07, 6.45) is 3.74. The number of carbonyl (C=O) groups excluding carboxylic acids is 2. The molecule has 0 N–H and O–H groups in total. The first kappa shape index (κ1) is 11.3. The van der Waals surface area contributed by atoms with Gasteiger partial charge in [0.15, 0.2) is 0 Å². The highest BCUT2D eigenvalue weighted by Gasteiger charge is 2.39. The van der Waals surface area contributed by atoms with Crippen LogP contribution in [-0.2, 0) is 16.1 Å². The summed E-state index contributed by atoms with van der Waals surface area (Å²) in [5.74, 6) is 0.935. The van der Waals surface area contributed by atoms with Gasteiger partial charge in [-0.2, -0.15) is 0 Å². The highest BCUT2D eigenvalue weighted by atomic mass is 16.3. The maximum atomic E-state index is 12.4. The molecule has 1 aromatic heterocycles. The molecule has 0 bridgehead atoms. The summed E-state index contributed by atoms with van der Waals surface area (Å²) >= 11 is 0. The van der Waals surface area contributed by atoms with Crippen molar-refractivity contribution in [1.29, 1.82) is 0 Å². The minimum Gasteiger partial charge on any atom is -0.467 e. The molecule has 0 aliphatic carbocycles. The van der Waals surface area contributed by atoms with E-state index >= 15 is 0 Å². The van der Waals surface area contributed by atoms with Crippen LogP contribution in [0.5, 0.6) is 0 Å². The van der Waals surface area contributed by atoms with Crippen LogP contribution in [0.15, 0.2) is 22.8 Å². The topological polar surface area (TPSA) is 53.8 Å². The zero-order chi connectivity index (χ0) is 12.5. The summed E-state index contributed by atoms with van der Waals surface area (Å²) in [4.78, 5) is 27.8. The second kappa shape index (κ2) is 4.48. The number of amides is 2. The van der Waals surface area contributed by atoms with Gasteiger partial charge < -0.3 is 14.2 Å². The minimum atomic E-state index is -0.241. The van der Waals surface area contributed by atoms with Crippen LogP contribution in [0.4, 0.5) is 0 Å². The molecule has 5 nitrogen and oxygen atoms in total. The zero-order valence-electron chi connectivity index (χ0n) is 10.2. The molecular weight excluding hydrogens is 232 g/mol. The molecule has 2 aliphatic rings. The molecule has 96 valence electrons. The summed E-state index contributed by atoms with van der Waals surface area (Å²) in [5.41, 5.74) is 0. The fourth-order valence-corrected chi connectivity index (χ4v) is 2.76. The van der Waals surface area contributed by atoms with Gasteiger partial charge in [-0.15, -0.1) is 0 Å². The van der Waals surface area contributed by atoms with Gasteiger partial charge in [0, 0.05) is 19.5 Å². The molecule has 18 heavy (non-hydrogen) atoms. The highest BCUT2D eigenvalue weighted by molar-refractivity contribution is 5.90. The molecule has 0 aromatic carbocycles. The molecule has 2 aliphatic heterocycles. The van der Waals surface area contributed by atoms with Gasteiger partial charge in [-0.1, -0.05) is 0 Å². The van der Waals surface area contributed by atoms with Gasteiger partial charge in [0.1, 0.15) is 11.8 Å². The Hall–Kier alpha value is -1.78. The molecule has 2 saturated heterocycles. The summed E-state index contributed by atoms with van der Waals surface area (Å²) in [6.45, 7) is 1.68. The molecule has 2 fully saturated rings. The van der Waals surface area contributed by atoms with E-state index in [0.29, 0.717) is 19.5 Å². The van der Waals surface area contributed by atoms with Crippen LogP contribution in [0.25, 0.3) is 0 Å². The Labute approximate surface area is 105 Å². The predicted molar refractivity (Wildman–Crippen MR) is 63.5 cm³/mol. The van der Waals surface area contributed by atoms with E-state index in [4.69, 9.17) is 4.42 Å². The molecule has 3 rings (SSSR count). The number of nitrogens with zero attached hydrogens (tertiary/aromatic N) is 2. The average Bonchev–Trinajstić information content (AvgIpc) is 3.01. The second-order valence-electron chi connectivity index (χ2n) is 4.83. The third kappa shape index (κ3) is 1.89. The van der Waals surface area contributed by atoms with Crippen molar-refractivity contribution in [1.82, 2.24) is 9.80 Å². The second-order valence-corrected chi connectivity index (χ2v) is 4.83. The molecule has 1 atom stereocenters. The van der Waals surface area contributed by atoms with Crippen molar-refractivity contribution in [3.63, 3.8) is 0 Å². The van der Waals surface area contributed by atoms with E-state index in [0.717, 1.165) is 25.1 Å². The Morgan fingerprint density at radius 3 is 3.00 bits per heavy atom. The Kier molecular flexibility index (Phi) is 2.81. The van der Waals surface area contributed by atoms with Crippen molar-refractivity contribution in [3.05, 3.63) is 24.2 Å². The number of hydrogen-bond acceptors (Lipinski definition) is 3. The Balaban J connectivity index is 1.79. The number of fused-ring (bicyclic) bond motifs is 1. The van der Waals surface area contributed by atoms with Crippen molar-refractivity contribution >= 4 is 11.8 Å². The third-order valence-electron chi connectivity index (χ3n) is 3.69. The number of rotatable bonds is 2. The van der Waals surface area contributed by atoms with Crippen LogP contribution >= 0.6 is 0 Å².